The van der Waals surface area contributed by atoms with Crippen LogP contribution < -0.4 is 0 Å². The van der Waals surface area contributed by atoms with Crippen LogP contribution in [0.4, 0.5) is 0 Å². The number of esters is 3. The lowest BCUT2D eigenvalue weighted by Gasteiger charge is -2.36. The van der Waals surface area contributed by atoms with E-state index in [1.807, 2.05) is 27.7 Å². The fourth-order valence-corrected chi connectivity index (χ4v) is 4.22. The SMILES string of the molecule is CCC(C)(C)C(=O)OCCC(=O)OC1(C)C2CC3C(=O)OC1C3C2. The summed E-state index contributed by atoms with van der Waals surface area (Å²) in [6.45, 7) is 7.42. The third-order valence-electron chi connectivity index (χ3n) is 6.23. The smallest absolute Gasteiger partial charge is 0.311 e. The van der Waals surface area contributed by atoms with Crippen molar-refractivity contribution in [3.8, 4) is 0 Å². The van der Waals surface area contributed by atoms with Crippen LogP contribution in [0.5, 0.6) is 0 Å². The van der Waals surface area contributed by atoms with Gasteiger partial charge < -0.3 is 14.2 Å². The first-order valence-electron chi connectivity index (χ1n) is 8.78. The summed E-state index contributed by atoms with van der Waals surface area (Å²) in [7, 11) is 0. The summed E-state index contributed by atoms with van der Waals surface area (Å²) in [4.78, 5) is 35.9. The van der Waals surface area contributed by atoms with Crippen molar-refractivity contribution in [1.29, 1.82) is 0 Å². The first kappa shape index (κ1) is 17.2. The van der Waals surface area contributed by atoms with E-state index in [1.165, 1.54) is 0 Å². The molecule has 3 fully saturated rings. The van der Waals surface area contributed by atoms with Crippen molar-refractivity contribution in [2.24, 2.45) is 23.2 Å². The van der Waals surface area contributed by atoms with E-state index in [1.54, 1.807) is 0 Å². The Hall–Kier alpha value is -1.59. The maximum Gasteiger partial charge on any atom is 0.311 e. The number of hydrogen-bond donors (Lipinski definition) is 0. The molecule has 3 rings (SSSR count). The predicted octanol–water partition coefficient (Wildman–Crippen LogP) is 2.24. The summed E-state index contributed by atoms with van der Waals surface area (Å²) in [6, 6.07) is 0. The van der Waals surface area contributed by atoms with Crippen LogP contribution in [0, 0.1) is 23.2 Å². The van der Waals surface area contributed by atoms with Crippen LogP contribution in [-0.4, -0.2) is 36.2 Å². The van der Waals surface area contributed by atoms with Gasteiger partial charge in [0, 0.05) is 11.8 Å². The molecule has 134 valence electrons. The molecule has 1 saturated heterocycles. The van der Waals surface area contributed by atoms with Crippen molar-refractivity contribution in [1.82, 2.24) is 0 Å². The minimum absolute atomic E-state index is 0.0102. The normalized spacial score (nSPS) is 36.6. The van der Waals surface area contributed by atoms with E-state index >= 15 is 0 Å². The van der Waals surface area contributed by atoms with Crippen LogP contribution >= 0.6 is 0 Å². The first-order chi connectivity index (χ1) is 11.2. The molecule has 0 N–H and O–H groups in total. The van der Waals surface area contributed by atoms with Crippen LogP contribution in [0.25, 0.3) is 0 Å². The Morgan fingerprint density at radius 3 is 2.71 bits per heavy atom. The van der Waals surface area contributed by atoms with Crippen LogP contribution in [0.1, 0.15) is 53.4 Å². The predicted molar refractivity (Wildman–Crippen MR) is 83.7 cm³/mol. The van der Waals surface area contributed by atoms with Crippen molar-refractivity contribution in [2.75, 3.05) is 6.61 Å². The number of rotatable bonds is 6. The Labute approximate surface area is 142 Å². The van der Waals surface area contributed by atoms with Crippen molar-refractivity contribution in [3.05, 3.63) is 0 Å². The van der Waals surface area contributed by atoms with Crippen LogP contribution in [0.15, 0.2) is 0 Å². The molecule has 1 aliphatic heterocycles. The molecule has 2 bridgehead atoms. The lowest BCUT2D eigenvalue weighted by atomic mass is 9.79. The Kier molecular flexibility index (Phi) is 4.12. The molecule has 0 aromatic rings. The first-order valence-corrected chi connectivity index (χ1v) is 8.78. The zero-order chi connectivity index (χ0) is 17.7. The molecule has 1 heterocycles. The van der Waals surface area contributed by atoms with E-state index in [2.05, 4.69) is 0 Å². The number of carbonyl (C=O) groups is 3. The average molecular weight is 338 g/mol. The molecular formula is C18H26O6. The van der Waals surface area contributed by atoms with Crippen molar-refractivity contribution in [3.63, 3.8) is 0 Å². The monoisotopic (exact) mass is 338 g/mol. The topological polar surface area (TPSA) is 78.9 Å². The highest BCUT2D eigenvalue weighted by Gasteiger charge is 2.69. The van der Waals surface area contributed by atoms with Gasteiger partial charge in [0.05, 0.1) is 17.8 Å². The molecule has 2 saturated carbocycles. The van der Waals surface area contributed by atoms with E-state index in [0.29, 0.717) is 6.42 Å². The van der Waals surface area contributed by atoms with Gasteiger partial charge in [-0.3, -0.25) is 14.4 Å². The molecule has 0 amide bonds. The second-order valence-electron chi connectivity index (χ2n) is 8.08. The average Bonchev–Trinajstić information content (AvgIpc) is 3.12. The molecule has 6 nitrogen and oxygen atoms in total. The molecule has 2 aliphatic carbocycles. The van der Waals surface area contributed by atoms with Crippen molar-refractivity contribution in [2.45, 2.75) is 65.1 Å². The molecule has 0 aromatic carbocycles. The zero-order valence-corrected chi connectivity index (χ0v) is 14.8. The Morgan fingerprint density at radius 1 is 1.33 bits per heavy atom. The minimum Gasteiger partial charge on any atom is -0.465 e. The lowest BCUT2D eigenvalue weighted by Crippen LogP contribution is -2.47. The molecule has 5 atom stereocenters. The van der Waals surface area contributed by atoms with E-state index in [4.69, 9.17) is 14.2 Å². The maximum atomic E-state index is 12.2. The van der Waals surface area contributed by atoms with E-state index in [9.17, 15) is 14.4 Å². The van der Waals surface area contributed by atoms with Crippen LogP contribution in [0.3, 0.4) is 0 Å². The van der Waals surface area contributed by atoms with Gasteiger partial charge in [-0.1, -0.05) is 6.92 Å². The lowest BCUT2D eigenvalue weighted by molar-refractivity contribution is -0.181. The fraction of sp³-hybridized carbons (Fsp3) is 0.833. The number of fused-ring (bicyclic) bond motifs is 1. The van der Waals surface area contributed by atoms with Gasteiger partial charge in [-0.15, -0.1) is 0 Å². The molecule has 6 heteroatoms. The molecule has 0 spiro atoms. The molecular weight excluding hydrogens is 312 g/mol. The maximum absolute atomic E-state index is 12.2. The quantitative estimate of drug-likeness (QED) is 0.546. The summed E-state index contributed by atoms with van der Waals surface area (Å²) >= 11 is 0. The van der Waals surface area contributed by atoms with Gasteiger partial charge in [0.15, 0.2) is 0 Å². The van der Waals surface area contributed by atoms with Gasteiger partial charge in [0.2, 0.25) is 0 Å². The third kappa shape index (κ3) is 2.60. The summed E-state index contributed by atoms with van der Waals surface area (Å²) in [5, 5.41) is 0. The standard InChI is InChI=1S/C18H26O6/c1-5-17(2,3)16(21)22-7-6-13(19)24-18(4)10-8-11-12(9-10)15(20)23-14(11)18/h10-12,14H,5-9H2,1-4H3. The van der Waals surface area contributed by atoms with Gasteiger partial charge >= 0.3 is 17.9 Å². The van der Waals surface area contributed by atoms with E-state index in [0.717, 1.165) is 12.8 Å². The Morgan fingerprint density at radius 2 is 2.04 bits per heavy atom. The van der Waals surface area contributed by atoms with Crippen molar-refractivity contribution >= 4 is 17.9 Å². The van der Waals surface area contributed by atoms with Crippen molar-refractivity contribution < 1.29 is 28.6 Å². The fourth-order valence-electron chi connectivity index (χ4n) is 4.22. The molecule has 24 heavy (non-hydrogen) atoms. The van der Waals surface area contributed by atoms with E-state index in [-0.39, 0.29) is 48.8 Å². The van der Waals surface area contributed by atoms with Gasteiger partial charge in [0.25, 0.3) is 0 Å². The molecule has 5 unspecified atom stereocenters. The van der Waals surface area contributed by atoms with Gasteiger partial charge in [-0.05, 0) is 40.0 Å². The summed E-state index contributed by atoms with van der Waals surface area (Å²) in [5.41, 5.74) is -1.29. The minimum atomic E-state index is -0.739. The number of carbonyl (C=O) groups excluding carboxylic acids is 3. The zero-order valence-electron chi connectivity index (χ0n) is 14.8. The van der Waals surface area contributed by atoms with E-state index < -0.39 is 17.0 Å². The second-order valence-corrected chi connectivity index (χ2v) is 8.08. The van der Waals surface area contributed by atoms with Crippen LogP contribution in [0.2, 0.25) is 0 Å². The van der Waals surface area contributed by atoms with Crippen LogP contribution in [-0.2, 0) is 28.6 Å². The highest BCUT2D eigenvalue weighted by molar-refractivity contribution is 5.78. The summed E-state index contributed by atoms with van der Waals surface area (Å²) in [5.74, 6) is -0.520. The Bertz CT molecular complexity index is 568. The van der Waals surface area contributed by atoms with Gasteiger partial charge in [-0.2, -0.15) is 0 Å². The second kappa shape index (κ2) is 5.74. The Balaban J connectivity index is 1.51. The molecule has 3 aliphatic rings. The van der Waals surface area contributed by atoms with Gasteiger partial charge in [-0.25, -0.2) is 0 Å². The summed E-state index contributed by atoms with van der Waals surface area (Å²) < 4.78 is 16.3. The highest BCUT2D eigenvalue weighted by atomic mass is 16.6. The summed E-state index contributed by atoms with van der Waals surface area (Å²) in [6.07, 6.45) is 1.99. The molecule has 0 radical (unpaired) electrons. The third-order valence-corrected chi connectivity index (χ3v) is 6.23. The highest BCUT2D eigenvalue weighted by Crippen LogP contribution is 2.60. The number of ether oxygens (including phenoxy) is 3. The number of hydrogen-bond acceptors (Lipinski definition) is 6. The van der Waals surface area contributed by atoms with Gasteiger partial charge in [0.1, 0.15) is 18.3 Å². The largest absolute Gasteiger partial charge is 0.465 e. The molecule has 0 aromatic heterocycles.